The fourth-order valence-electron chi connectivity index (χ4n) is 2.47. The molecule has 0 saturated heterocycles. The van der Waals surface area contributed by atoms with E-state index in [1.54, 1.807) is 31.4 Å². The van der Waals surface area contributed by atoms with E-state index in [0.717, 1.165) is 19.3 Å². The van der Waals surface area contributed by atoms with Gasteiger partial charge < -0.3 is 4.74 Å². The van der Waals surface area contributed by atoms with Gasteiger partial charge in [-0.05, 0) is 55.4 Å². The van der Waals surface area contributed by atoms with Gasteiger partial charge in [0, 0.05) is 0 Å². The third kappa shape index (κ3) is 3.73. The maximum atomic E-state index is 11.8. The minimum Gasteiger partial charge on any atom is -0.497 e. The van der Waals surface area contributed by atoms with E-state index in [1.165, 1.54) is 0 Å². The molecular formula is C16H22O4. The van der Waals surface area contributed by atoms with Crippen molar-refractivity contribution in [2.45, 2.75) is 39.2 Å². The second kappa shape index (κ2) is 6.75. The maximum absolute atomic E-state index is 11.8. The van der Waals surface area contributed by atoms with Crippen LogP contribution in [0.1, 0.15) is 43.5 Å². The van der Waals surface area contributed by atoms with Crippen LogP contribution in [-0.4, -0.2) is 19.2 Å². The molecule has 0 radical (unpaired) electrons. The van der Waals surface area contributed by atoms with Gasteiger partial charge in [0.2, 0.25) is 0 Å². The third-order valence-electron chi connectivity index (χ3n) is 4.14. The third-order valence-corrected chi connectivity index (χ3v) is 4.14. The standard InChI is InChI=1S/C16H22O4/c1-11-4-7-15(10-12(11)2)19-20-16(17)13-5-8-14(18-3)9-6-13/h5-6,8-9,11-12,15H,4,7,10H2,1-3H3. The summed E-state index contributed by atoms with van der Waals surface area (Å²) in [5.41, 5.74) is 0.461. The molecule has 1 aromatic rings. The van der Waals surface area contributed by atoms with Crippen LogP contribution >= 0.6 is 0 Å². The number of hydrogen-bond acceptors (Lipinski definition) is 4. The summed E-state index contributed by atoms with van der Waals surface area (Å²) in [6.07, 6.45) is 3.02. The number of benzene rings is 1. The zero-order valence-corrected chi connectivity index (χ0v) is 12.3. The van der Waals surface area contributed by atoms with Crippen LogP contribution < -0.4 is 4.74 Å². The van der Waals surface area contributed by atoms with E-state index >= 15 is 0 Å². The molecule has 0 aromatic heterocycles. The van der Waals surface area contributed by atoms with Crippen LogP contribution in [0.2, 0.25) is 0 Å². The molecule has 3 atom stereocenters. The van der Waals surface area contributed by atoms with Crippen molar-refractivity contribution in [1.29, 1.82) is 0 Å². The summed E-state index contributed by atoms with van der Waals surface area (Å²) in [5.74, 6) is 1.57. The van der Waals surface area contributed by atoms with E-state index in [9.17, 15) is 4.79 Å². The van der Waals surface area contributed by atoms with Gasteiger partial charge in [0.05, 0.1) is 12.7 Å². The Labute approximate surface area is 120 Å². The Kier molecular flexibility index (Phi) is 5.01. The molecule has 1 fully saturated rings. The molecule has 1 aliphatic rings. The molecule has 0 spiro atoms. The van der Waals surface area contributed by atoms with Crippen molar-refractivity contribution in [3.8, 4) is 5.75 Å². The number of carbonyl (C=O) groups excluding carboxylic acids is 1. The van der Waals surface area contributed by atoms with E-state index in [2.05, 4.69) is 13.8 Å². The van der Waals surface area contributed by atoms with Gasteiger partial charge in [-0.1, -0.05) is 13.8 Å². The maximum Gasteiger partial charge on any atom is 0.373 e. The fourth-order valence-corrected chi connectivity index (χ4v) is 2.47. The lowest BCUT2D eigenvalue weighted by atomic mass is 9.80. The number of carbonyl (C=O) groups is 1. The van der Waals surface area contributed by atoms with E-state index in [-0.39, 0.29) is 6.10 Å². The first-order valence-electron chi connectivity index (χ1n) is 7.12. The molecule has 0 aliphatic heterocycles. The zero-order valence-electron chi connectivity index (χ0n) is 12.3. The van der Waals surface area contributed by atoms with Crippen LogP contribution in [0.5, 0.6) is 5.75 Å². The van der Waals surface area contributed by atoms with Gasteiger partial charge in [-0.3, -0.25) is 4.89 Å². The van der Waals surface area contributed by atoms with Crippen LogP contribution in [-0.2, 0) is 9.78 Å². The van der Waals surface area contributed by atoms with Gasteiger partial charge in [-0.2, -0.15) is 4.89 Å². The Bertz CT molecular complexity index is 440. The van der Waals surface area contributed by atoms with Gasteiger partial charge >= 0.3 is 5.97 Å². The van der Waals surface area contributed by atoms with Crippen molar-refractivity contribution >= 4 is 5.97 Å². The van der Waals surface area contributed by atoms with Crippen LogP contribution in [0.15, 0.2) is 24.3 Å². The van der Waals surface area contributed by atoms with Gasteiger partial charge in [0.1, 0.15) is 11.9 Å². The lowest BCUT2D eigenvalue weighted by molar-refractivity contribution is -0.283. The SMILES string of the molecule is COc1ccc(C(=O)OOC2CCC(C)C(C)C2)cc1. The first-order valence-corrected chi connectivity index (χ1v) is 7.12. The van der Waals surface area contributed by atoms with Gasteiger partial charge in [-0.15, -0.1) is 0 Å². The Morgan fingerprint density at radius 1 is 1.10 bits per heavy atom. The summed E-state index contributed by atoms with van der Waals surface area (Å²) in [6, 6.07) is 6.77. The van der Waals surface area contributed by atoms with E-state index in [1.807, 2.05) is 0 Å². The monoisotopic (exact) mass is 278 g/mol. The number of methoxy groups -OCH3 is 1. The molecule has 2 rings (SSSR count). The van der Waals surface area contributed by atoms with Crippen LogP contribution in [0.4, 0.5) is 0 Å². The molecular weight excluding hydrogens is 256 g/mol. The molecule has 0 bridgehead atoms. The Morgan fingerprint density at radius 3 is 2.40 bits per heavy atom. The van der Waals surface area contributed by atoms with Gasteiger partial charge in [0.15, 0.2) is 0 Å². The van der Waals surface area contributed by atoms with Gasteiger partial charge in [-0.25, -0.2) is 4.79 Å². The topological polar surface area (TPSA) is 44.8 Å². The average Bonchev–Trinajstić information content (AvgIpc) is 2.48. The molecule has 1 aromatic carbocycles. The summed E-state index contributed by atoms with van der Waals surface area (Å²) in [6.45, 7) is 4.47. The first-order chi connectivity index (χ1) is 9.60. The highest BCUT2D eigenvalue weighted by molar-refractivity contribution is 5.89. The van der Waals surface area contributed by atoms with Crippen molar-refractivity contribution in [2.75, 3.05) is 7.11 Å². The number of rotatable bonds is 4. The minimum absolute atomic E-state index is 0.0170. The van der Waals surface area contributed by atoms with Crippen LogP contribution in [0.3, 0.4) is 0 Å². The summed E-state index contributed by atoms with van der Waals surface area (Å²) in [5, 5.41) is 0. The predicted octanol–water partition coefficient (Wildman–Crippen LogP) is 3.61. The van der Waals surface area contributed by atoms with E-state index < -0.39 is 5.97 Å². The molecule has 110 valence electrons. The van der Waals surface area contributed by atoms with E-state index in [4.69, 9.17) is 14.5 Å². The molecule has 0 amide bonds. The smallest absolute Gasteiger partial charge is 0.373 e. The average molecular weight is 278 g/mol. The van der Waals surface area contributed by atoms with Crippen LogP contribution in [0, 0.1) is 11.8 Å². The summed E-state index contributed by atoms with van der Waals surface area (Å²) in [7, 11) is 1.58. The predicted molar refractivity (Wildman–Crippen MR) is 75.5 cm³/mol. The van der Waals surface area contributed by atoms with Gasteiger partial charge in [0.25, 0.3) is 0 Å². The second-order valence-electron chi connectivity index (χ2n) is 5.59. The van der Waals surface area contributed by atoms with Crippen molar-refractivity contribution in [2.24, 2.45) is 11.8 Å². The first kappa shape index (κ1) is 14.9. The molecule has 4 nitrogen and oxygen atoms in total. The number of ether oxygens (including phenoxy) is 1. The summed E-state index contributed by atoms with van der Waals surface area (Å²) in [4.78, 5) is 22.1. The highest BCUT2D eigenvalue weighted by atomic mass is 17.2. The zero-order chi connectivity index (χ0) is 14.5. The van der Waals surface area contributed by atoms with E-state index in [0.29, 0.717) is 23.1 Å². The normalized spacial score (nSPS) is 26.1. The van der Waals surface area contributed by atoms with Crippen molar-refractivity contribution < 1.29 is 19.3 Å². The summed E-state index contributed by atoms with van der Waals surface area (Å²) >= 11 is 0. The Morgan fingerprint density at radius 2 is 1.80 bits per heavy atom. The van der Waals surface area contributed by atoms with Crippen molar-refractivity contribution in [1.82, 2.24) is 0 Å². The number of hydrogen-bond donors (Lipinski definition) is 0. The Balaban J connectivity index is 1.82. The molecule has 0 N–H and O–H groups in total. The summed E-state index contributed by atoms with van der Waals surface area (Å²) < 4.78 is 5.04. The van der Waals surface area contributed by atoms with Crippen LogP contribution in [0.25, 0.3) is 0 Å². The molecule has 1 saturated carbocycles. The lowest BCUT2D eigenvalue weighted by Gasteiger charge is -2.30. The lowest BCUT2D eigenvalue weighted by Crippen LogP contribution is -2.27. The molecule has 20 heavy (non-hydrogen) atoms. The second-order valence-corrected chi connectivity index (χ2v) is 5.59. The van der Waals surface area contributed by atoms with Crippen molar-refractivity contribution in [3.05, 3.63) is 29.8 Å². The largest absolute Gasteiger partial charge is 0.497 e. The highest BCUT2D eigenvalue weighted by Gasteiger charge is 2.26. The quantitative estimate of drug-likeness (QED) is 0.623. The molecule has 1 aliphatic carbocycles. The molecule has 4 heteroatoms. The Hall–Kier alpha value is -1.55. The fraction of sp³-hybridized carbons (Fsp3) is 0.562. The molecule has 3 unspecified atom stereocenters. The van der Waals surface area contributed by atoms with Crippen molar-refractivity contribution in [3.63, 3.8) is 0 Å². The molecule has 0 heterocycles. The highest BCUT2D eigenvalue weighted by Crippen LogP contribution is 2.31. The minimum atomic E-state index is -0.459.